The third-order valence-electron chi connectivity index (χ3n) is 13.4. The molecular formula is C63H46N2O. The fraction of sp³-hybridized carbons (Fsp3) is 0.0794. The van der Waals surface area contributed by atoms with Crippen LogP contribution in [0.2, 0.25) is 0 Å². The Balaban J connectivity index is 0.980. The Labute approximate surface area is 385 Å². The fourth-order valence-electron chi connectivity index (χ4n) is 10.2. The number of amidine groups is 1. The molecule has 3 nitrogen and oxygen atoms in total. The number of hydrogen-bond donors (Lipinski definition) is 0. The molecule has 0 radical (unpaired) electrons. The molecular weight excluding hydrogens is 801 g/mol. The second-order valence-electron chi connectivity index (χ2n) is 17.5. The van der Waals surface area contributed by atoms with Crippen LogP contribution in [0.1, 0.15) is 58.6 Å². The van der Waals surface area contributed by atoms with Gasteiger partial charge in [0.15, 0.2) is 5.84 Å². The summed E-state index contributed by atoms with van der Waals surface area (Å²) < 4.78 is 6.61. The van der Waals surface area contributed by atoms with E-state index in [4.69, 9.17) is 14.4 Å². The molecule has 314 valence electrons. The number of allylic oxidation sites excluding steroid dienone is 1. The summed E-state index contributed by atoms with van der Waals surface area (Å²) in [6, 6.07) is 78.8. The molecule has 2 aliphatic rings. The largest absolute Gasteiger partial charge is 0.456 e. The summed E-state index contributed by atoms with van der Waals surface area (Å²) in [6.07, 6.45) is 5.92. The van der Waals surface area contributed by atoms with Crippen molar-refractivity contribution in [1.82, 2.24) is 0 Å². The van der Waals surface area contributed by atoms with E-state index in [0.717, 1.165) is 81.3 Å². The quantitative estimate of drug-likeness (QED) is 0.157. The standard InChI is InChI=1S/C63H46N2O/c1-5-17-42(18-6-1)49-37-50(43-19-7-2-8-20-43)39-51(38-49)53-34-31-44-21-13-14-26-52(44)56-40-47(32-35-54(53)56)48-33-36-60-57(41-48)62-55(27-15-30-61(62)66-60)59-29-16-28-58(45-22-9-3-10-23-45)64-63(65-59)46-24-11-4-12-25-46/h1-15,17-27,29-30,32-33,35-41,53H,16,28,31,34H2/b59-29-,64-58+,65-63-. The molecule has 66 heavy (non-hydrogen) atoms. The summed E-state index contributed by atoms with van der Waals surface area (Å²) in [7, 11) is 0. The van der Waals surface area contributed by atoms with Crippen LogP contribution in [0.4, 0.5) is 0 Å². The van der Waals surface area contributed by atoms with Crippen molar-refractivity contribution in [2.75, 3.05) is 0 Å². The van der Waals surface area contributed by atoms with Gasteiger partial charge in [-0.3, -0.25) is 0 Å². The number of furan rings is 1. The van der Waals surface area contributed by atoms with Gasteiger partial charge in [0.1, 0.15) is 11.2 Å². The Morgan fingerprint density at radius 2 is 1.03 bits per heavy atom. The third kappa shape index (κ3) is 7.49. The van der Waals surface area contributed by atoms with Crippen LogP contribution in [0, 0.1) is 0 Å². The Hall–Kier alpha value is -8.14. The number of nitrogens with zero attached hydrogens (tertiary/aromatic N) is 2. The van der Waals surface area contributed by atoms with E-state index in [1.165, 1.54) is 55.6 Å². The smallest absolute Gasteiger partial charge is 0.160 e. The Kier molecular flexibility index (Phi) is 10.2. The molecule has 0 amide bonds. The fourth-order valence-corrected chi connectivity index (χ4v) is 10.2. The molecule has 0 saturated carbocycles. The maximum atomic E-state index is 6.61. The summed E-state index contributed by atoms with van der Waals surface area (Å²) in [5.41, 5.74) is 20.8. The number of benzene rings is 9. The van der Waals surface area contributed by atoms with Crippen molar-refractivity contribution in [2.24, 2.45) is 9.98 Å². The van der Waals surface area contributed by atoms with Gasteiger partial charge < -0.3 is 4.42 Å². The van der Waals surface area contributed by atoms with E-state index in [9.17, 15) is 0 Å². The highest BCUT2D eigenvalue weighted by atomic mass is 16.3. The van der Waals surface area contributed by atoms with Crippen LogP contribution < -0.4 is 0 Å². The van der Waals surface area contributed by atoms with Gasteiger partial charge in [0.05, 0.1) is 11.4 Å². The lowest BCUT2D eigenvalue weighted by atomic mass is 9.82. The van der Waals surface area contributed by atoms with Gasteiger partial charge in [-0.15, -0.1) is 0 Å². The molecule has 0 N–H and O–H groups in total. The molecule has 0 bridgehead atoms. The van der Waals surface area contributed by atoms with Crippen LogP contribution in [0.5, 0.6) is 0 Å². The summed E-state index contributed by atoms with van der Waals surface area (Å²) in [5.74, 6) is 0.916. The van der Waals surface area contributed by atoms with Crippen molar-refractivity contribution in [3.05, 3.63) is 258 Å². The SMILES string of the molecule is C1=C(c2cccc3oc4ccc(-c5ccc6c(c5)-c5ccccc5CCC6c5cc(-c6ccccc6)cc(-c6ccccc6)c5)cc4c23)/N=C(c2ccccc2)\N=C(\c2ccccc2)CC\1. The van der Waals surface area contributed by atoms with E-state index in [1.54, 1.807) is 0 Å². The van der Waals surface area contributed by atoms with Gasteiger partial charge in [0.25, 0.3) is 0 Å². The molecule has 12 rings (SSSR count). The third-order valence-corrected chi connectivity index (χ3v) is 13.4. The van der Waals surface area contributed by atoms with Gasteiger partial charge in [-0.05, 0) is 123 Å². The minimum atomic E-state index is 0.210. The van der Waals surface area contributed by atoms with E-state index < -0.39 is 0 Å². The van der Waals surface area contributed by atoms with Gasteiger partial charge in [0, 0.05) is 27.8 Å². The molecule has 1 unspecified atom stereocenters. The van der Waals surface area contributed by atoms with Crippen molar-refractivity contribution >= 4 is 39.2 Å². The minimum Gasteiger partial charge on any atom is -0.456 e. The van der Waals surface area contributed by atoms with Crippen molar-refractivity contribution in [2.45, 2.75) is 31.6 Å². The number of aliphatic imine (C=N–C) groups is 2. The molecule has 3 heteroatoms. The predicted molar refractivity (Wildman–Crippen MR) is 275 cm³/mol. The van der Waals surface area contributed by atoms with Gasteiger partial charge in [0.2, 0.25) is 0 Å². The van der Waals surface area contributed by atoms with Crippen LogP contribution in [-0.4, -0.2) is 11.5 Å². The summed E-state index contributed by atoms with van der Waals surface area (Å²) in [4.78, 5) is 10.6. The van der Waals surface area contributed by atoms with Gasteiger partial charge in [-0.2, -0.15) is 0 Å². The Bertz CT molecular complexity index is 3450. The van der Waals surface area contributed by atoms with Crippen LogP contribution >= 0.6 is 0 Å². The molecule has 10 aromatic rings. The Morgan fingerprint density at radius 3 is 1.76 bits per heavy atom. The molecule has 1 aromatic heterocycles. The van der Waals surface area contributed by atoms with Gasteiger partial charge >= 0.3 is 0 Å². The zero-order valence-corrected chi connectivity index (χ0v) is 36.6. The molecule has 0 fully saturated rings. The summed E-state index contributed by atoms with van der Waals surface area (Å²) in [6.45, 7) is 0. The lowest BCUT2D eigenvalue weighted by molar-refractivity contribution is 0.669. The first-order valence-corrected chi connectivity index (χ1v) is 23.1. The first-order chi connectivity index (χ1) is 32.7. The molecule has 1 atom stereocenters. The summed E-state index contributed by atoms with van der Waals surface area (Å²) in [5, 5.41) is 2.14. The number of rotatable bonds is 7. The van der Waals surface area contributed by atoms with Gasteiger partial charge in [-0.1, -0.05) is 194 Å². The van der Waals surface area contributed by atoms with Crippen molar-refractivity contribution in [3.8, 4) is 44.5 Å². The van der Waals surface area contributed by atoms with Crippen molar-refractivity contribution in [1.29, 1.82) is 0 Å². The number of fused-ring (bicyclic) bond motifs is 6. The molecule has 0 spiro atoms. The molecule has 1 aliphatic carbocycles. The second-order valence-corrected chi connectivity index (χ2v) is 17.5. The maximum Gasteiger partial charge on any atom is 0.160 e. The average molecular weight is 847 g/mol. The second kappa shape index (κ2) is 17.1. The highest BCUT2D eigenvalue weighted by Gasteiger charge is 2.26. The lowest BCUT2D eigenvalue weighted by Gasteiger charge is -2.22. The Morgan fingerprint density at radius 1 is 0.409 bits per heavy atom. The van der Waals surface area contributed by atoms with Crippen molar-refractivity contribution < 1.29 is 4.42 Å². The maximum absolute atomic E-state index is 6.61. The molecule has 0 saturated heterocycles. The summed E-state index contributed by atoms with van der Waals surface area (Å²) >= 11 is 0. The van der Waals surface area contributed by atoms with E-state index in [0.29, 0.717) is 5.84 Å². The predicted octanol–water partition coefficient (Wildman–Crippen LogP) is 16.4. The monoisotopic (exact) mass is 846 g/mol. The highest BCUT2D eigenvalue weighted by molar-refractivity contribution is 6.16. The van der Waals surface area contributed by atoms with Crippen molar-refractivity contribution in [3.63, 3.8) is 0 Å². The number of hydrogen-bond acceptors (Lipinski definition) is 3. The van der Waals surface area contributed by atoms with Crippen LogP contribution in [-0.2, 0) is 6.42 Å². The van der Waals surface area contributed by atoms with E-state index in [2.05, 4.69) is 212 Å². The first-order valence-electron chi connectivity index (χ1n) is 23.1. The normalized spacial score (nSPS) is 17.2. The molecule has 2 heterocycles. The lowest BCUT2D eigenvalue weighted by Crippen LogP contribution is -2.09. The van der Waals surface area contributed by atoms with Gasteiger partial charge in [-0.25, -0.2) is 9.98 Å². The van der Waals surface area contributed by atoms with Crippen LogP contribution in [0.3, 0.4) is 0 Å². The van der Waals surface area contributed by atoms with Crippen LogP contribution in [0.15, 0.2) is 239 Å². The number of aryl methyl sites for hydroxylation is 1. The zero-order valence-electron chi connectivity index (χ0n) is 36.6. The molecule has 9 aromatic carbocycles. The zero-order chi connectivity index (χ0) is 43.8. The molecule has 1 aliphatic heterocycles. The highest BCUT2D eigenvalue weighted by Crippen LogP contribution is 2.46. The minimum absolute atomic E-state index is 0.210. The van der Waals surface area contributed by atoms with E-state index >= 15 is 0 Å². The van der Waals surface area contributed by atoms with E-state index in [1.807, 2.05) is 12.1 Å². The van der Waals surface area contributed by atoms with E-state index in [-0.39, 0.29) is 5.92 Å². The first kappa shape index (κ1) is 39.5. The van der Waals surface area contributed by atoms with Crippen LogP contribution in [0.25, 0.3) is 72.1 Å². The average Bonchev–Trinajstić information content (AvgIpc) is 3.67. The topological polar surface area (TPSA) is 37.9 Å².